The Morgan fingerprint density at radius 3 is 2.25 bits per heavy atom. The number of alkyl carbamates (subject to hydrolysis) is 1. The second-order valence-electron chi connectivity index (χ2n) is 5.31. The van der Waals surface area contributed by atoms with Gasteiger partial charge in [-0.05, 0) is 27.2 Å². The Kier molecular flexibility index (Phi) is 6.41. The lowest BCUT2D eigenvalue weighted by molar-refractivity contribution is 0.0502. The average molecular weight is 230 g/mol. The summed E-state index contributed by atoms with van der Waals surface area (Å²) in [4.78, 5) is 11.5. The van der Waals surface area contributed by atoms with E-state index in [0.717, 1.165) is 13.0 Å². The smallest absolute Gasteiger partial charge is 0.407 e. The van der Waals surface area contributed by atoms with E-state index in [0.29, 0.717) is 6.04 Å². The molecule has 0 rings (SSSR count). The van der Waals surface area contributed by atoms with Gasteiger partial charge in [0, 0.05) is 18.6 Å². The number of rotatable bonds is 5. The fourth-order valence-electron chi connectivity index (χ4n) is 1.15. The van der Waals surface area contributed by atoms with Gasteiger partial charge in [-0.3, -0.25) is 0 Å². The highest BCUT2D eigenvalue weighted by molar-refractivity contribution is 5.68. The third-order valence-corrected chi connectivity index (χ3v) is 1.99. The average Bonchev–Trinajstić information content (AvgIpc) is 2.08. The van der Waals surface area contributed by atoms with Gasteiger partial charge in [-0.2, -0.15) is 0 Å². The standard InChI is InChI=1S/C12H26N2O2/c1-7-10(8-13-9(2)3)14-11(15)16-12(4,5)6/h9-10,13H,7-8H2,1-6H3,(H,14,15)/t10-/m1/s1. The predicted octanol–water partition coefficient (Wildman–Crippen LogP) is 2.29. The summed E-state index contributed by atoms with van der Waals surface area (Å²) in [7, 11) is 0. The van der Waals surface area contributed by atoms with Crippen LogP contribution >= 0.6 is 0 Å². The molecule has 0 aromatic carbocycles. The van der Waals surface area contributed by atoms with E-state index >= 15 is 0 Å². The first-order valence-corrected chi connectivity index (χ1v) is 5.97. The van der Waals surface area contributed by atoms with Crippen molar-refractivity contribution in [1.29, 1.82) is 0 Å². The number of amides is 1. The van der Waals surface area contributed by atoms with Gasteiger partial charge in [0.15, 0.2) is 0 Å². The number of nitrogens with one attached hydrogen (secondary N) is 2. The molecule has 4 heteroatoms. The molecule has 1 atom stereocenters. The monoisotopic (exact) mass is 230 g/mol. The molecule has 0 unspecified atom stereocenters. The summed E-state index contributed by atoms with van der Waals surface area (Å²) in [5, 5.41) is 6.15. The van der Waals surface area contributed by atoms with Gasteiger partial charge in [-0.25, -0.2) is 4.79 Å². The first-order chi connectivity index (χ1) is 7.24. The molecule has 0 saturated heterocycles. The lowest BCUT2D eigenvalue weighted by Crippen LogP contribution is -2.45. The molecule has 1 amide bonds. The Balaban J connectivity index is 3.97. The Bertz CT molecular complexity index is 210. The highest BCUT2D eigenvalue weighted by Crippen LogP contribution is 2.07. The van der Waals surface area contributed by atoms with Gasteiger partial charge in [0.05, 0.1) is 0 Å². The van der Waals surface area contributed by atoms with Crippen molar-refractivity contribution in [3.05, 3.63) is 0 Å². The van der Waals surface area contributed by atoms with Crippen LogP contribution in [0.5, 0.6) is 0 Å². The maximum absolute atomic E-state index is 11.5. The van der Waals surface area contributed by atoms with Gasteiger partial charge >= 0.3 is 6.09 Å². The normalized spacial score (nSPS) is 13.7. The van der Waals surface area contributed by atoms with Crippen LogP contribution in [0, 0.1) is 0 Å². The zero-order valence-electron chi connectivity index (χ0n) is 11.4. The van der Waals surface area contributed by atoms with Crippen LogP contribution in [0.15, 0.2) is 0 Å². The van der Waals surface area contributed by atoms with Crippen LogP contribution in [0.2, 0.25) is 0 Å². The molecule has 0 heterocycles. The Morgan fingerprint density at radius 2 is 1.88 bits per heavy atom. The lowest BCUT2D eigenvalue weighted by atomic mass is 10.2. The summed E-state index contributed by atoms with van der Waals surface area (Å²) in [6, 6.07) is 0.548. The minimum absolute atomic E-state index is 0.122. The van der Waals surface area contributed by atoms with E-state index in [-0.39, 0.29) is 12.1 Å². The van der Waals surface area contributed by atoms with Crippen molar-refractivity contribution in [1.82, 2.24) is 10.6 Å². The van der Waals surface area contributed by atoms with E-state index in [1.165, 1.54) is 0 Å². The summed E-state index contributed by atoms with van der Waals surface area (Å²) < 4.78 is 5.20. The zero-order chi connectivity index (χ0) is 12.8. The third kappa shape index (κ3) is 8.53. The lowest BCUT2D eigenvalue weighted by Gasteiger charge is -2.23. The minimum Gasteiger partial charge on any atom is -0.444 e. The van der Waals surface area contributed by atoms with Crippen LogP contribution in [-0.2, 0) is 4.74 Å². The Morgan fingerprint density at radius 1 is 1.31 bits per heavy atom. The van der Waals surface area contributed by atoms with Gasteiger partial charge < -0.3 is 15.4 Å². The summed E-state index contributed by atoms with van der Waals surface area (Å²) >= 11 is 0. The largest absolute Gasteiger partial charge is 0.444 e. The van der Waals surface area contributed by atoms with Crippen molar-refractivity contribution in [2.24, 2.45) is 0 Å². The van der Waals surface area contributed by atoms with Crippen molar-refractivity contribution in [3.63, 3.8) is 0 Å². The van der Waals surface area contributed by atoms with Gasteiger partial charge in [-0.15, -0.1) is 0 Å². The molecule has 16 heavy (non-hydrogen) atoms. The summed E-state index contributed by atoms with van der Waals surface area (Å²) in [5.41, 5.74) is -0.437. The Hall–Kier alpha value is -0.770. The first-order valence-electron chi connectivity index (χ1n) is 5.97. The van der Waals surface area contributed by atoms with Crippen molar-refractivity contribution in [2.45, 2.75) is 65.6 Å². The molecule has 0 aromatic rings. The molecule has 0 aliphatic rings. The molecular formula is C12H26N2O2. The fraction of sp³-hybridized carbons (Fsp3) is 0.917. The third-order valence-electron chi connectivity index (χ3n) is 1.99. The molecule has 0 saturated carbocycles. The number of carbonyl (C=O) groups excluding carboxylic acids is 1. The van der Waals surface area contributed by atoms with Crippen molar-refractivity contribution in [2.75, 3.05) is 6.54 Å². The molecule has 96 valence electrons. The van der Waals surface area contributed by atoms with E-state index in [4.69, 9.17) is 4.74 Å². The highest BCUT2D eigenvalue weighted by Gasteiger charge is 2.18. The maximum atomic E-state index is 11.5. The predicted molar refractivity (Wildman–Crippen MR) is 66.6 cm³/mol. The van der Waals surface area contributed by atoms with Crippen LogP contribution < -0.4 is 10.6 Å². The molecule has 0 aromatic heterocycles. The van der Waals surface area contributed by atoms with Crippen molar-refractivity contribution >= 4 is 6.09 Å². The fourth-order valence-corrected chi connectivity index (χ4v) is 1.15. The summed E-state index contributed by atoms with van der Waals surface area (Å²) in [6.45, 7) is 12.6. The van der Waals surface area contributed by atoms with E-state index in [1.54, 1.807) is 0 Å². The SMILES string of the molecule is CC[C@H](CNC(C)C)NC(=O)OC(C)(C)C. The maximum Gasteiger partial charge on any atom is 0.407 e. The highest BCUT2D eigenvalue weighted by atomic mass is 16.6. The summed E-state index contributed by atoms with van der Waals surface area (Å²) in [5.74, 6) is 0. The molecule has 0 aliphatic heterocycles. The number of hydrogen-bond acceptors (Lipinski definition) is 3. The van der Waals surface area contributed by atoms with E-state index in [2.05, 4.69) is 24.5 Å². The van der Waals surface area contributed by atoms with Crippen LogP contribution in [0.3, 0.4) is 0 Å². The van der Waals surface area contributed by atoms with E-state index < -0.39 is 5.60 Å². The zero-order valence-corrected chi connectivity index (χ0v) is 11.4. The van der Waals surface area contributed by atoms with Crippen molar-refractivity contribution in [3.8, 4) is 0 Å². The summed E-state index contributed by atoms with van der Waals surface area (Å²) in [6.07, 6.45) is 0.545. The number of hydrogen-bond donors (Lipinski definition) is 2. The minimum atomic E-state index is -0.437. The van der Waals surface area contributed by atoms with Gasteiger partial charge in [0.2, 0.25) is 0 Å². The van der Waals surface area contributed by atoms with Gasteiger partial charge in [-0.1, -0.05) is 20.8 Å². The molecule has 0 aliphatic carbocycles. The first kappa shape index (κ1) is 15.2. The van der Waals surface area contributed by atoms with E-state index in [9.17, 15) is 4.79 Å². The Labute approximate surface area is 99.1 Å². The number of carbonyl (C=O) groups is 1. The molecule has 0 radical (unpaired) electrons. The topological polar surface area (TPSA) is 50.4 Å². The van der Waals surface area contributed by atoms with Crippen LogP contribution in [0.25, 0.3) is 0 Å². The molecule has 0 bridgehead atoms. The van der Waals surface area contributed by atoms with Crippen LogP contribution in [0.1, 0.15) is 48.0 Å². The van der Waals surface area contributed by atoms with Crippen molar-refractivity contribution < 1.29 is 9.53 Å². The van der Waals surface area contributed by atoms with Crippen LogP contribution in [0.4, 0.5) is 4.79 Å². The van der Waals surface area contributed by atoms with E-state index in [1.807, 2.05) is 27.7 Å². The van der Waals surface area contributed by atoms with Crippen LogP contribution in [-0.4, -0.2) is 30.3 Å². The quantitative estimate of drug-likeness (QED) is 0.762. The molecule has 4 nitrogen and oxygen atoms in total. The van der Waals surface area contributed by atoms with Gasteiger partial charge in [0.25, 0.3) is 0 Å². The second-order valence-corrected chi connectivity index (χ2v) is 5.31. The molecule has 0 fully saturated rings. The molecular weight excluding hydrogens is 204 g/mol. The molecule has 2 N–H and O–H groups in total. The second kappa shape index (κ2) is 6.74. The number of ether oxygens (including phenoxy) is 1. The molecule has 0 spiro atoms. The van der Waals surface area contributed by atoms with Gasteiger partial charge in [0.1, 0.15) is 5.60 Å².